The quantitative estimate of drug-likeness (QED) is 0.551. The van der Waals surface area contributed by atoms with Crippen LogP contribution in [0.1, 0.15) is 24.9 Å². The van der Waals surface area contributed by atoms with Crippen LogP contribution in [-0.2, 0) is 13.0 Å². The Morgan fingerprint density at radius 1 is 1.64 bits per heavy atom. The Bertz CT molecular complexity index is 263. The number of nitrogens with zero attached hydrogens (tertiary/aromatic N) is 2. The largest absolute Gasteiger partial charge is 0.332 e. The summed E-state index contributed by atoms with van der Waals surface area (Å²) in [4.78, 5) is 4.37. The number of aryl methyl sites for hydroxylation is 1. The zero-order valence-corrected chi connectivity index (χ0v) is 7.17. The van der Waals surface area contributed by atoms with E-state index in [1.807, 2.05) is 6.20 Å². The predicted octanol–water partition coefficient (Wildman–Crippen LogP) is 1.77. The van der Waals surface area contributed by atoms with Gasteiger partial charge in [-0.1, -0.05) is 6.92 Å². The molecule has 0 fully saturated rings. The minimum absolute atomic E-state index is 0.823. The molecule has 0 saturated heterocycles. The van der Waals surface area contributed by atoms with Crippen LogP contribution in [0, 0.1) is 12.8 Å². The van der Waals surface area contributed by atoms with Gasteiger partial charge >= 0.3 is 0 Å². The minimum Gasteiger partial charge on any atom is -0.332 e. The number of aromatic nitrogens is 2. The predicted molar refractivity (Wildman–Crippen MR) is 44.4 cm³/mol. The summed E-state index contributed by atoms with van der Waals surface area (Å²) in [6.07, 6.45) is 4.45. The van der Waals surface area contributed by atoms with Gasteiger partial charge in [-0.3, -0.25) is 0 Å². The van der Waals surface area contributed by atoms with Gasteiger partial charge in [0.15, 0.2) is 0 Å². The highest BCUT2D eigenvalue weighted by atomic mass is 15.1. The van der Waals surface area contributed by atoms with Crippen LogP contribution in [0.2, 0.25) is 0 Å². The second kappa shape index (κ2) is 2.36. The van der Waals surface area contributed by atoms with Crippen LogP contribution < -0.4 is 0 Å². The van der Waals surface area contributed by atoms with Gasteiger partial charge in [0, 0.05) is 24.9 Å². The molecule has 1 aliphatic heterocycles. The standard InChI is InChI=1S/C9H14N2/c1-7-3-4-11-8(2)6-10-9(11)5-7/h6-7H,3-5H2,1-2H3/t7-/m1/s1. The lowest BCUT2D eigenvalue weighted by Gasteiger charge is -2.20. The number of hydrogen-bond donors (Lipinski definition) is 0. The second-order valence-electron chi connectivity index (χ2n) is 3.57. The van der Waals surface area contributed by atoms with Crippen molar-refractivity contribution in [3.63, 3.8) is 0 Å². The summed E-state index contributed by atoms with van der Waals surface area (Å²) in [5.74, 6) is 2.10. The average molecular weight is 150 g/mol. The molecule has 0 bridgehead atoms. The lowest BCUT2D eigenvalue weighted by atomic mass is 10.0. The number of imidazole rings is 1. The first-order valence-corrected chi connectivity index (χ1v) is 4.28. The third-order valence-electron chi connectivity index (χ3n) is 2.51. The molecule has 1 aromatic rings. The Hall–Kier alpha value is -0.790. The first kappa shape index (κ1) is 6.89. The highest BCUT2D eigenvalue weighted by molar-refractivity contribution is 5.05. The van der Waals surface area contributed by atoms with Crippen molar-refractivity contribution in [3.05, 3.63) is 17.7 Å². The van der Waals surface area contributed by atoms with E-state index in [4.69, 9.17) is 0 Å². The summed E-state index contributed by atoms with van der Waals surface area (Å²) < 4.78 is 2.33. The Labute approximate surface area is 67.3 Å². The second-order valence-corrected chi connectivity index (χ2v) is 3.57. The fourth-order valence-corrected chi connectivity index (χ4v) is 1.74. The van der Waals surface area contributed by atoms with E-state index in [0.29, 0.717) is 0 Å². The van der Waals surface area contributed by atoms with Crippen LogP contribution in [0.3, 0.4) is 0 Å². The lowest BCUT2D eigenvalue weighted by molar-refractivity contribution is 0.405. The molecule has 2 heterocycles. The van der Waals surface area contributed by atoms with Crippen molar-refractivity contribution in [1.82, 2.24) is 9.55 Å². The van der Waals surface area contributed by atoms with E-state index in [-0.39, 0.29) is 0 Å². The van der Waals surface area contributed by atoms with Gasteiger partial charge in [0.2, 0.25) is 0 Å². The Morgan fingerprint density at radius 3 is 3.27 bits per heavy atom. The van der Waals surface area contributed by atoms with Crippen LogP contribution in [-0.4, -0.2) is 9.55 Å². The van der Waals surface area contributed by atoms with Crippen molar-refractivity contribution in [2.75, 3.05) is 0 Å². The van der Waals surface area contributed by atoms with Gasteiger partial charge in [-0.2, -0.15) is 0 Å². The summed E-state index contributed by atoms with van der Waals surface area (Å²) in [7, 11) is 0. The molecule has 0 radical (unpaired) electrons. The maximum atomic E-state index is 4.37. The highest BCUT2D eigenvalue weighted by Gasteiger charge is 2.16. The zero-order chi connectivity index (χ0) is 7.84. The van der Waals surface area contributed by atoms with Crippen LogP contribution in [0.15, 0.2) is 6.20 Å². The molecule has 1 aliphatic rings. The fourth-order valence-electron chi connectivity index (χ4n) is 1.74. The highest BCUT2D eigenvalue weighted by Crippen LogP contribution is 2.19. The Kier molecular flexibility index (Phi) is 1.48. The van der Waals surface area contributed by atoms with Gasteiger partial charge in [0.25, 0.3) is 0 Å². The molecule has 0 N–H and O–H groups in total. The molecule has 2 rings (SSSR count). The molecule has 0 unspecified atom stereocenters. The molecular weight excluding hydrogens is 136 g/mol. The SMILES string of the molecule is Cc1cnc2n1CC[C@@H](C)C2. The maximum absolute atomic E-state index is 4.37. The van der Waals surface area contributed by atoms with Gasteiger partial charge in [-0.05, 0) is 19.3 Å². The summed E-state index contributed by atoms with van der Waals surface area (Å²) in [5, 5.41) is 0. The molecule has 0 aliphatic carbocycles. The normalized spacial score (nSPS) is 23.3. The van der Waals surface area contributed by atoms with Gasteiger partial charge in [0.1, 0.15) is 5.82 Å². The van der Waals surface area contributed by atoms with E-state index in [9.17, 15) is 0 Å². The molecule has 0 saturated carbocycles. The molecule has 0 amide bonds. The van der Waals surface area contributed by atoms with Gasteiger partial charge in [0.05, 0.1) is 0 Å². The number of hydrogen-bond acceptors (Lipinski definition) is 1. The van der Waals surface area contributed by atoms with Crippen LogP contribution >= 0.6 is 0 Å². The molecule has 1 aromatic heterocycles. The van der Waals surface area contributed by atoms with E-state index >= 15 is 0 Å². The van der Waals surface area contributed by atoms with Crippen LogP contribution in [0.5, 0.6) is 0 Å². The average Bonchev–Trinajstić information content (AvgIpc) is 2.32. The van der Waals surface area contributed by atoms with Crippen molar-refractivity contribution in [3.8, 4) is 0 Å². The Balaban J connectivity index is 2.36. The van der Waals surface area contributed by atoms with Crippen molar-refractivity contribution in [2.45, 2.75) is 33.2 Å². The lowest BCUT2D eigenvalue weighted by Crippen LogP contribution is -2.17. The monoisotopic (exact) mass is 150 g/mol. The summed E-state index contributed by atoms with van der Waals surface area (Å²) in [5.41, 5.74) is 1.31. The summed E-state index contributed by atoms with van der Waals surface area (Å²) >= 11 is 0. The Morgan fingerprint density at radius 2 is 2.45 bits per heavy atom. The maximum Gasteiger partial charge on any atom is 0.109 e. The van der Waals surface area contributed by atoms with E-state index in [1.165, 1.54) is 24.5 Å². The van der Waals surface area contributed by atoms with Crippen molar-refractivity contribution in [1.29, 1.82) is 0 Å². The van der Waals surface area contributed by atoms with Crippen LogP contribution in [0.4, 0.5) is 0 Å². The van der Waals surface area contributed by atoms with Crippen molar-refractivity contribution in [2.24, 2.45) is 5.92 Å². The molecule has 11 heavy (non-hydrogen) atoms. The third kappa shape index (κ3) is 1.06. The van der Waals surface area contributed by atoms with Gasteiger partial charge in [-0.15, -0.1) is 0 Å². The molecule has 2 nitrogen and oxygen atoms in total. The molecular formula is C9H14N2. The van der Waals surface area contributed by atoms with Crippen molar-refractivity contribution < 1.29 is 0 Å². The number of rotatable bonds is 0. The third-order valence-corrected chi connectivity index (χ3v) is 2.51. The molecule has 0 spiro atoms. The zero-order valence-electron chi connectivity index (χ0n) is 7.17. The first-order valence-electron chi connectivity index (χ1n) is 4.28. The smallest absolute Gasteiger partial charge is 0.109 e. The fraction of sp³-hybridized carbons (Fsp3) is 0.667. The number of fused-ring (bicyclic) bond motifs is 1. The van der Waals surface area contributed by atoms with Gasteiger partial charge < -0.3 is 4.57 Å². The molecule has 60 valence electrons. The molecule has 0 aromatic carbocycles. The summed E-state index contributed by atoms with van der Waals surface area (Å²) in [6, 6.07) is 0. The topological polar surface area (TPSA) is 17.8 Å². The van der Waals surface area contributed by atoms with E-state index in [1.54, 1.807) is 0 Å². The van der Waals surface area contributed by atoms with Gasteiger partial charge in [-0.25, -0.2) is 4.98 Å². The van der Waals surface area contributed by atoms with Crippen molar-refractivity contribution >= 4 is 0 Å². The molecule has 1 atom stereocenters. The summed E-state index contributed by atoms with van der Waals surface area (Å²) in [6.45, 7) is 5.60. The van der Waals surface area contributed by atoms with E-state index < -0.39 is 0 Å². The van der Waals surface area contributed by atoms with E-state index in [2.05, 4.69) is 23.4 Å². The first-order chi connectivity index (χ1) is 5.27. The van der Waals surface area contributed by atoms with E-state index in [0.717, 1.165) is 12.3 Å². The minimum atomic E-state index is 0.823. The van der Waals surface area contributed by atoms with Crippen LogP contribution in [0.25, 0.3) is 0 Å². The molecule has 2 heteroatoms.